The largest absolute Gasteiger partial charge is 0.479 e. The molecule has 4 N–H and O–H groups in total. The van der Waals surface area contributed by atoms with Crippen LogP contribution in [0.5, 0.6) is 5.88 Å². The minimum absolute atomic E-state index is 0.212. The number of aliphatic hydroxyl groups is 1. The van der Waals surface area contributed by atoms with Crippen LogP contribution in [0.4, 0.5) is 15.8 Å². The summed E-state index contributed by atoms with van der Waals surface area (Å²) >= 11 is 5.95. The Labute approximate surface area is 169 Å². The van der Waals surface area contributed by atoms with Crippen molar-refractivity contribution >= 4 is 49.9 Å². The van der Waals surface area contributed by atoms with Gasteiger partial charge in [-0.1, -0.05) is 11.6 Å². The number of aliphatic hydroxyl groups excluding tert-OH is 1. The number of carbonyl (C=O) groups excluding carboxylic acids is 1. The molecule has 2 heterocycles. The van der Waals surface area contributed by atoms with Gasteiger partial charge in [0.25, 0.3) is 5.91 Å². The number of pyridine rings is 1. The molecule has 2 aromatic heterocycles. The lowest BCUT2D eigenvalue weighted by Gasteiger charge is -2.12. The fraction of sp³-hybridized carbons (Fsp3) is 0.188. The number of amides is 1. The van der Waals surface area contributed by atoms with Crippen LogP contribution in [0.25, 0.3) is 11.0 Å². The molecule has 0 aliphatic heterocycles. The Morgan fingerprint density at radius 1 is 1.41 bits per heavy atom. The summed E-state index contributed by atoms with van der Waals surface area (Å²) in [6.07, 6.45) is 1.32. The Morgan fingerprint density at radius 2 is 2.17 bits per heavy atom. The fourth-order valence-corrected chi connectivity index (χ4v) is 3.54. The van der Waals surface area contributed by atoms with Gasteiger partial charge in [-0.15, -0.1) is 5.10 Å². The van der Waals surface area contributed by atoms with Gasteiger partial charge in [-0.05, 0) is 18.2 Å². The normalized spacial score (nSPS) is 11.4. The molecule has 3 rings (SSSR count). The third-order valence-corrected chi connectivity index (χ3v) is 5.34. The molecule has 0 aliphatic carbocycles. The van der Waals surface area contributed by atoms with Gasteiger partial charge in [0, 0.05) is 0 Å². The number of anilines is 2. The monoisotopic (exact) mass is 443 g/mol. The molecule has 1 amide bonds. The van der Waals surface area contributed by atoms with Crippen LogP contribution in [0, 0.1) is 5.82 Å². The maximum Gasteiger partial charge on any atom is 0.260 e. The first-order valence-electron chi connectivity index (χ1n) is 8.04. The van der Waals surface area contributed by atoms with Gasteiger partial charge in [0.2, 0.25) is 15.9 Å². The van der Waals surface area contributed by atoms with Crippen LogP contribution in [0.15, 0.2) is 24.4 Å². The summed E-state index contributed by atoms with van der Waals surface area (Å²) in [6.45, 7) is -0.648. The van der Waals surface area contributed by atoms with Gasteiger partial charge in [-0.25, -0.2) is 17.8 Å². The van der Waals surface area contributed by atoms with Crippen molar-refractivity contribution in [2.75, 3.05) is 29.5 Å². The molecule has 0 unspecified atom stereocenters. The molecule has 3 aromatic rings. The van der Waals surface area contributed by atoms with Crippen LogP contribution in [-0.2, 0) is 10.0 Å². The number of hydrogen-bond donors (Lipinski definition) is 4. The molecule has 0 spiro atoms. The van der Waals surface area contributed by atoms with E-state index < -0.39 is 45.4 Å². The van der Waals surface area contributed by atoms with Crippen molar-refractivity contribution in [1.82, 2.24) is 15.2 Å². The molecule has 0 saturated carbocycles. The van der Waals surface area contributed by atoms with E-state index in [2.05, 4.69) is 20.5 Å². The zero-order valence-corrected chi connectivity index (χ0v) is 16.4. The highest BCUT2D eigenvalue weighted by Crippen LogP contribution is 2.28. The van der Waals surface area contributed by atoms with Crippen molar-refractivity contribution in [3.05, 3.63) is 40.8 Å². The average Bonchev–Trinajstić information content (AvgIpc) is 3.06. The molecule has 13 heteroatoms. The molecule has 10 nitrogen and oxygen atoms in total. The Kier molecular flexibility index (Phi) is 5.86. The topological polar surface area (TPSA) is 146 Å². The summed E-state index contributed by atoms with van der Waals surface area (Å²) in [5, 5.41) is 18.0. The molecule has 0 saturated heterocycles. The quantitative estimate of drug-likeness (QED) is 0.435. The number of sulfonamides is 1. The molecule has 0 bridgehead atoms. The number of aromatic amines is 1. The van der Waals surface area contributed by atoms with Crippen LogP contribution >= 0.6 is 11.6 Å². The van der Waals surface area contributed by atoms with Gasteiger partial charge >= 0.3 is 0 Å². The average molecular weight is 444 g/mol. The van der Waals surface area contributed by atoms with E-state index in [0.717, 1.165) is 6.07 Å². The van der Waals surface area contributed by atoms with E-state index in [9.17, 15) is 17.6 Å². The molecule has 0 atom stereocenters. The molecule has 0 fully saturated rings. The molecule has 0 aliphatic rings. The molecule has 1 aromatic carbocycles. The number of benzene rings is 1. The van der Waals surface area contributed by atoms with Crippen LogP contribution in [0.1, 0.15) is 10.4 Å². The first-order valence-corrected chi connectivity index (χ1v) is 10.1. The van der Waals surface area contributed by atoms with Crippen molar-refractivity contribution in [3.8, 4) is 5.88 Å². The van der Waals surface area contributed by atoms with Crippen LogP contribution in [0.3, 0.4) is 0 Å². The minimum Gasteiger partial charge on any atom is -0.479 e. The number of ether oxygens (including phenoxy) is 1. The standard InChI is InChI=1S/C16H15ClFN5O5S/c1-28-16-9-6-8(7-19-14(9)21-22-16)20-15(25)12-10(17)2-3-11(13(12)18)23-29(26,27)5-4-24/h2-3,6-7,23-24H,4-5H2,1H3,(H,20,25)(H,19,21,22). The van der Waals surface area contributed by atoms with E-state index in [-0.39, 0.29) is 16.6 Å². The number of halogens is 2. The minimum atomic E-state index is -4.00. The van der Waals surface area contributed by atoms with Gasteiger partial charge in [0.05, 0.1) is 53.0 Å². The lowest BCUT2D eigenvalue weighted by molar-refractivity contribution is 0.102. The molecule has 0 radical (unpaired) electrons. The Balaban J connectivity index is 1.92. The van der Waals surface area contributed by atoms with Gasteiger partial charge in [-0.3, -0.25) is 14.6 Å². The first-order chi connectivity index (χ1) is 13.8. The summed E-state index contributed by atoms with van der Waals surface area (Å²) in [5.41, 5.74) is -0.401. The second-order valence-corrected chi connectivity index (χ2v) is 7.98. The van der Waals surface area contributed by atoms with Crippen molar-refractivity contribution in [1.29, 1.82) is 0 Å². The van der Waals surface area contributed by atoms with Crippen LogP contribution < -0.4 is 14.8 Å². The molecule has 154 valence electrons. The number of H-pyrrole nitrogens is 1. The van der Waals surface area contributed by atoms with E-state index in [1.165, 1.54) is 25.4 Å². The maximum atomic E-state index is 14.8. The molecule has 29 heavy (non-hydrogen) atoms. The van der Waals surface area contributed by atoms with Crippen molar-refractivity contribution in [2.45, 2.75) is 0 Å². The van der Waals surface area contributed by atoms with Gasteiger partial charge in [0.15, 0.2) is 11.5 Å². The van der Waals surface area contributed by atoms with Crippen LogP contribution in [0.2, 0.25) is 5.02 Å². The number of nitrogens with one attached hydrogen (secondary N) is 3. The second-order valence-electron chi connectivity index (χ2n) is 5.74. The Hall–Kier alpha value is -2.96. The summed E-state index contributed by atoms with van der Waals surface area (Å²) in [4.78, 5) is 16.7. The van der Waals surface area contributed by atoms with Crippen molar-refractivity contribution in [2.24, 2.45) is 0 Å². The van der Waals surface area contributed by atoms with Gasteiger partial charge in [-0.2, -0.15) is 0 Å². The fourth-order valence-electron chi connectivity index (χ4n) is 2.48. The molecular weight excluding hydrogens is 429 g/mol. The number of hydrogen-bond acceptors (Lipinski definition) is 7. The summed E-state index contributed by atoms with van der Waals surface area (Å²) in [5.74, 6) is -2.45. The Morgan fingerprint density at radius 3 is 2.86 bits per heavy atom. The highest BCUT2D eigenvalue weighted by atomic mass is 35.5. The lowest BCUT2D eigenvalue weighted by atomic mass is 10.1. The first kappa shape index (κ1) is 20.8. The predicted molar refractivity (Wildman–Crippen MR) is 104 cm³/mol. The van der Waals surface area contributed by atoms with E-state index >= 15 is 0 Å². The van der Waals surface area contributed by atoms with Crippen molar-refractivity contribution < 1.29 is 27.4 Å². The number of methoxy groups -OCH3 is 1. The SMILES string of the molecule is COc1n[nH]c2ncc(NC(=O)c3c(Cl)ccc(NS(=O)(=O)CCO)c3F)cc12. The number of nitrogens with zero attached hydrogens (tertiary/aromatic N) is 2. The zero-order chi connectivity index (χ0) is 21.2. The number of aromatic nitrogens is 3. The summed E-state index contributed by atoms with van der Waals surface area (Å²) < 4.78 is 45.4. The molecular formula is C16H15ClFN5O5S. The van der Waals surface area contributed by atoms with E-state index in [1.807, 2.05) is 4.72 Å². The maximum absolute atomic E-state index is 14.8. The Bertz CT molecular complexity index is 1180. The number of fused-ring (bicyclic) bond motifs is 1. The number of rotatable bonds is 7. The van der Waals surface area contributed by atoms with Gasteiger partial charge in [0.1, 0.15) is 0 Å². The highest BCUT2D eigenvalue weighted by molar-refractivity contribution is 7.92. The van der Waals surface area contributed by atoms with E-state index in [4.69, 9.17) is 21.4 Å². The summed E-state index contributed by atoms with van der Waals surface area (Å²) in [6, 6.07) is 3.77. The van der Waals surface area contributed by atoms with Gasteiger partial charge < -0.3 is 15.2 Å². The third kappa shape index (κ3) is 4.39. The van der Waals surface area contributed by atoms with E-state index in [1.54, 1.807) is 0 Å². The van der Waals surface area contributed by atoms with Crippen molar-refractivity contribution in [3.63, 3.8) is 0 Å². The van der Waals surface area contributed by atoms with Crippen LogP contribution in [-0.4, -0.2) is 54.1 Å². The number of carbonyl (C=O) groups is 1. The summed E-state index contributed by atoms with van der Waals surface area (Å²) in [7, 11) is -2.58. The lowest BCUT2D eigenvalue weighted by Crippen LogP contribution is -2.21. The third-order valence-electron chi connectivity index (χ3n) is 3.78. The smallest absolute Gasteiger partial charge is 0.260 e. The predicted octanol–water partition coefficient (Wildman–Crippen LogP) is 1.75. The highest BCUT2D eigenvalue weighted by Gasteiger charge is 2.22. The second kappa shape index (κ2) is 8.19. The van der Waals surface area contributed by atoms with E-state index in [0.29, 0.717) is 11.0 Å². The zero-order valence-electron chi connectivity index (χ0n) is 14.9.